The second-order valence-electron chi connectivity index (χ2n) is 4.39. The molecule has 4 amide bonds. The number of carboxylic acid groups (broad SMARTS) is 4. The van der Waals surface area contributed by atoms with Gasteiger partial charge in [0.25, 0.3) is 0 Å². The number of nitrogens with two attached hydrogens (primary N) is 4. The first-order chi connectivity index (χ1) is 15.1. The molecule has 0 aliphatic heterocycles. The molecule has 0 rings (SSSR count). The molecular weight excluding hydrogens is 444 g/mol. The third kappa shape index (κ3) is 74.7. The Balaban J connectivity index is -0.000000105. The summed E-state index contributed by atoms with van der Waals surface area (Å²) in [6, 6.07) is 0. The number of rotatable bonds is 8. The van der Waals surface area contributed by atoms with Crippen molar-refractivity contribution in [3.63, 3.8) is 0 Å². The summed E-state index contributed by atoms with van der Waals surface area (Å²) in [5.41, 5.74) is 19.5. The van der Waals surface area contributed by atoms with Gasteiger partial charge in [-0.3, -0.25) is 0 Å². The van der Waals surface area contributed by atoms with Crippen LogP contribution in [0.25, 0.3) is 0 Å². The number of amides is 4. The molecule has 0 radical (unpaired) electrons. The van der Waals surface area contributed by atoms with E-state index >= 15 is 0 Å². The topological polar surface area (TPSA) is 313 Å². The molecule has 0 aliphatic rings. The smallest absolute Gasteiger partial charge is 0.530 e. The quantitative estimate of drug-likeness (QED) is 0.163. The second kappa shape index (κ2) is 34.7. The van der Waals surface area contributed by atoms with E-state index in [-0.39, 0.29) is 33.6 Å². The summed E-state index contributed by atoms with van der Waals surface area (Å²) in [6.07, 6.45) is 5.76. The summed E-state index contributed by atoms with van der Waals surface area (Å²) in [4.78, 5) is 38.3. The summed E-state index contributed by atoms with van der Waals surface area (Å²) in [5, 5.41) is 46.2. The van der Waals surface area contributed by atoms with Crippen molar-refractivity contribution in [3.8, 4) is 0 Å². The van der Waals surface area contributed by atoms with Crippen molar-refractivity contribution in [2.75, 3.05) is 26.2 Å². The molecule has 0 aliphatic carbocycles. The summed E-state index contributed by atoms with van der Waals surface area (Å²) in [7, 11) is 0. The van der Waals surface area contributed by atoms with Crippen molar-refractivity contribution in [1.29, 1.82) is 0 Å². The van der Waals surface area contributed by atoms with Crippen LogP contribution < -0.4 is 64.6 Å². The molecule has 0 saturated heterocycles. The van der Waals surface area contributed by atoms with Crippen LogP contribution in [0.5, 0.6) is 0 Å². The SMILES string of the molecule is NC=CCNC(=O)[O-].NC=CCNC(=O)[O-].NC=CCNC(=O)[O-].NC=CCNC(=O)[O-].[C+4]. The molecule has 0 fully saturated rings. The van der Waals surface area contributed by atoms with E-state index in [1.807, 2.05) is 21.3 Å². The Morgan fingerprint density at radius 3 is 0.727 bits per heavy atom. The summed E-state index contributed by atoms with van der Waals surface area (Å²) >= 11 is 0. The molecule has 0 unspecified atom stereocenters. The minimum absolute atomic E-state index is 0. The van der Waals surface area contributed by atoms with Crippen LogP contribution in [0.3, 0.4) is 0 Å². The Labute approximate surface area is 191 Å². The molecule has 0 aromatic heterocycles. The van der Waals surface area contributed by atoms with Crippen molar-refractivity contribution in [2.45, 2.75) is 0 Å². The second-order valence-corrected chi connectivity index (χ2v) is 4.39. The number of hydrogen-bond donors (Lipinski definition) is 8. The fourth-order valence-corrected chi connectivity index (χ4v) is 0.841. The van der Waals surface area contributed by atoms with Crippen LogP contribution in [-0.4, -0.2) is 50.6 Å². The van der Waals surface area contributed by atoms with Crippen LogP contribution in [0.1, 0.15) is 0 Å². The Morgan fingerprint density at radius 1 is 0.485 bits per heavy atom. The van der Waals surface area contributed by atoms with E-state index in [0.717, 1.165) is 0 Å². The minimum atomic E-state index is -1.29. The van der Waals surface area contributed by atoms with Crippen LogP contribution in [0.15, 0.2) is 49.1 Å². The molecule has 12 N–H and O–H groups in total. The predicted molar refractivity (Wildman–Crippen MR) is 110 cm³/mol. The van der Waals surface area contributed by atoms with Crippen LogP contribution in [-0.2, 0) is 0 Å². The van der Waals surface area contributed by atoms with Gasteiger partial charge in [-0.15, -0.1) is 0 Å². The van der Waals surface area contributed by atoms with Crippen LogP contribution in [0.4, 0.5) is 19.2 Å². The maximum Gasteiger partial charge on any atom is 4.00 e. The molecule has 0 saturated carbocycles. The fourth-order valence-electron chi connectivity index (χ4n) is 0.841. The van der Waals surface area contributed by atoms with E-state index in [1.54, 1.807) is 0 Å². The van der Waals surface area contributed by atoms with Crippen LogP contribution in [0.2, 0.25) is 0 Å². The maximum absolute atomic E-state index is 9.58. The van der Waals surface area contributed by atoms with Gasteiger partial charge < -0.3 is 83.8 Å². The molecule has 184 valence electrons. The Kier molecular flexibility index (Phi) is 40.8. The third-order valence-corrected chi connectivity index (χ3v) is 2.00. The van der Waals surface area contributed by atoms with Gasteiger partial charge in [0.2, 0.25) is 0 Å². The minimum Gasteiger partial charge on any atom is -0.530 e. The van der Waals surface area contributed by atoms with Crippen LogP contribution >= 0.6 is 0 Å². The predicted octanol–water partition coefficient (Wildman–Crippen LogP) is -6.35. The zero-order chi connectivity index (χ0) is 25.6. The van der Waals surface area contributed by atoms with E-state index in [9.17, 15) is 39.6 Å². The zero-order valence-corrected chi connectivity index (χ0v) is 17.5. The molecule has 16 heteroatoms. The molecule has 16 nitrogen and oxygen atoms in total. The van der Waals surface area contributed by atoms with Gasteiger partial charge in [-0.2, -0.15) is 0 Å². The Hall–Kier alpha value is -4.76. The third-order valence-electron chi connectivity index (χ3n) is 2.00. The first-order valence-electron chi connectivity index (χ1n) is 8.35. The number of hydrogen-bond acceptors (Lipinski definition) is 12. The van der Waals surface area contributed by atoms with Crippen molar-refractivity contribution in [1.82, 2.24) is 21.3 Å². The molecule has 0 spiro atoms. The van der Waals surface area contributed by atoms with Crippen molar-refractivity contribution < 1.29 is 39.6 Å². The first-order valence-corrected chi connectivity index (χ1v) is 8.35. The van der Waals surface area contributed by atoms with E-state index < -0.39 is 24.4 Å². The average Bonchev–Trinajstić information content (AvgIpc) is 2.69. The van der Waals surface area contributed by atoms with Gasteiger partial charge in [-0.25, -0.2) is 0 Å². The van der Waals surface area contributed by atoms with Gasteiger partial charge in [0.15, 0.2) is 0 Å². The molecule has 0 aromatic rings. The van der Waals surface area contributed by atoms with E-state index in [4.69, 9.17) is 22.9 Å². The van der Waals surface area contributed by atoms with Gasteiger partial charge >= 0.3 is 7.43 Å². The summed E-state index contributed by atoms with van der Waals surface area (Å²) in [5.74, 6) is 0. The van der Waals surface area contributed by atoms with Gasteiger partial charge in [-0.05, 0) is 49.1 Å². The standard InChI is InChI=1S/4C4H8N2O2.C/c4*5-2-1-3-6-4(7)8;/h4*1-2,6H,3,5H2,(H,7,8);/q;;;;+4/p-4. The van der Waals surface area contributed by atoms with Gasteiger partial charge in [-0.1, -0.05) is 0 Å². The molecule has 0 aromatic carbocycles. The fraction of sp³-hybridized carbons (Fsp3) is 0.235. The largest absolute Gasteiger partial charge is 4.00 e. The number of carbonyl (C=O) groups is 4. The first kappa shape index (κ1) is 38.8. The van der Waals surface area contributed by atoms with E-state index in [2.05, 4.69) is 0 Å². The molecule has 0 atom stereocenters. The molecular formula is C17H28N8O8. The maximum atomic E-state index is 9.58. The van der Waals surface area contributed by atoms with E-state index in [1.165, 1.54) is 49.1 Å². The van der Waals surface area contributed by atoms with Crippen LogP contribution in [0, 0.1) is 7.43 Å². The van der Waals surface area contributed by atoms with Crippen molar-refractivity contribution in [3.05, 3.63) is 56.5 Å². The van der Waals surface area contributed by atoms with Crippen molar-refractivity contribution >= 4 is 24.4 Å². The normalized spacial score (nSPS) is 9.21. The Bertz CT molecular complexity index is 506. The summed E-state index contributed by atoms with van der Waals surface area (Å²) < 4.78 is 0. The average molecular weight is 472 g/mol. The van der Waals surface area contributed by atoms with Crippen molar-refractivity contribution in [2.24, 2.45) is 22.9 Å². The zero-order valence-electron chi connectivity index (χ0n) is 17.5. The number of carbonyl (C=O) groups excluding carboxylic acids is 4. The van der Waals surface area contributed by atoms with Gasteiger partial charge in [0.05, 0.1) is 0 Å². The van der Waals surface area contributed by atoms with Gasteiger partial charge in [0.1, 0.15) is 24.4 Å². The van der Waals surface area contributed by atoms with E-state index in [0.29, 0.717) is 0 Å². The summed E-state index contributed by atoms with van der Waals surface area (Å²) in [6.45, 7) is 0.829. The number of nitrogens with one attached hydrogen (secondary N) is 4. The monoisotopic (exact) mass is 472 g/mol. The molecule has 0 heterocycles. The molecule has 33 heavy (non-hydrogen) atoms. The Morgan fingerprint density at radius 2 is 0.636 bits per heavy atom. The van der Waals surface area contributed by atoms with Gasteiger partial charge in [0, 0.05) is 26.2 Å². The molecule has 0 bridgehead atoms.